The first kappa shape index (κ1) is 21.4. The second kappa shape index (κ2) is 9.43. The van der Waals surface area contributed by atoms with Crippen LogP contribution in [0, 0.1) is 11.7 Å². The standard InChI is InChI=1S/C20H25FN4O3S/c1-15(26)24-20-5-4-18(11-19(20)21)29(27,28)23-13-16-6-9-25(10-7-16)14-17-3-2-8-22-12-17/h2-5,8,11-12,16,23H,6-7,9-10,13-14H2,1H3,(H,24,26). The van der Waals surface area contributed by atoms with Crippen molar-refractivity contribution in [1.29, 1.82) is 0 Å². The second-order valence-corrected chi connectivity index (χ2v) is 9.02. The van der Waals surface area contributed by atoms with Gasteiger partial charge in [-0.2, -0.15) is 0 Å². The third-order valence-corrected chi connectivity index (χ3v) is 6.38. The van der Waals surface area contributed by atoms with E-state index in [1.165, 1.54) is 19.1 Å². The summed E-state index contributed by atoms with van der Waals surface area (Å²) in [5.41, 5.74) is 1.12. The number of hydrogen-bond donors (Lipinski definition) is 2. The maximum Gasteiger partial charge on any atom is 0.240 e. The highest BCUT2D eigenvalue weighted by Crippen LogP contribution is 2.21. The maximum absolute atomic E-state index is 14.0. The topological polar surface area (TPSA) is 91.4 Å². The number of piperidine rings is 1. The van der Waals surface area contributed by atoms with E-state index in [2.05, 4.69) is 19.9 Å². The number of anilines is 1. The Morgan fingerprint density at radius 3 is 2.66 bits per heavy atom. The van der Waals surface area contributed by atoms with E-state index in [-0.39, 0.29) is 16.5 Å². The normalized spacial score (nSPS) is 15.9. The van der Waals surface area contributed by atoms with Crippen molar-refractivity contribution in [2.24, 2.45) is 5.92 Å². The number of sulfonamides is 1. The fourth-order valence-electron chi connectivity index (χ4n) is 3.36. The van der Waals surface area contributed by atoms with Gasteiger partial charge in [0.1, 0.15) is 5.82 Å². The highest BCUT2D eigenvalue weighted by atomic mass is 32.2. The highest BCUT2D eigenvalue weighted by molar-refractivity contribution is 7.89. The van der Waals surface area contributed by atoms with E-state index < -0.39 is 21.7 Å². The average Bonchev–Trinajstić information content (AvgIpc) is 2.69. The Labute approximate surface area is 170 Å². The molecule has 29 heavy (non-hydrogen) atoms. The maximum atomic E-state index is 14.0. The van der Waals surface area contributed by atoms with Crippen LogP contribution in [-0.2, 0) is 21.4 Å². The number of carbonyl (C=O) groups is 1. The number of amides is 1. The summed E-state index contributed by atoms with van der Waals surface area (Å²) >= 11 is 0. The van der Waals surface area contributed by atoms with Crippen molar-refractivity contribution in [3.05, 3.63) is 54.1 Å². The summed E-state index contributed by atoms with van der Waals surface area (Å²) in [6.45, 7) is 4.20. The summed E-state index contributed by atoms with van der Waals surface area (Å²) in [7, 11) is -3.81. The Morgan fingerprint density at radius 2 is 2.03 bits per heavy atom. The molecular formula is C20H25FN4O3S. The number of likely N-dealkylation sites (tertiary alicyclic amines) is 1. The summed E-state index contributed by atoms with van der Waals surface area (Å²) in [6.07, 6.45) is 5.38. The molecule has 2 N–H and O–H groups in total. The van der Waals surface area contributed by atoms with Crippen molar-refractivity contribution in [3.8, 4) is 0 Å². The molecule has 0 spiro atoms. The molecule has 1 saturated heterocycles. The Bertz CT molecular complexity index is 945. The fraction of sp³-hybridized carbons (Fsp3) is 0.400. The molecule has 7 nitrogen and oxygen atoms in total. The molecule has 1 aromatic heterocycles. The number of halogens is 1. The van der Waals surface area contributed by atoms with Crippen molar-refractivity contribution in [2.45, 2.75) is 31.2 Å². The molecule has 1 aliphatic rings. The Morgan fingerprint density at radius 1 is 1.28 bits per heavy atom. The van der Waals surface area contributed by atoms with Gasteiger partial charge in [-0.05, 0) is 61.7 Å². The van der Waals surface area contributed by atoms with Crippen LogP contribution in [0.15, 0.2) is 47.6 Å². The molecule has 9 heteroatoms. The third-order valence-electron chi connectivity index (χ3n) is 4.96. The van der Waals surface area contributed by atoms with Crippen molar-refractivity contribution in [2.75, 3.05) is 25.0 Å². The molecule has 0 saturated carbocycles. The van der Waals surface area contributed by atoms with Crippen LogP contribution < -0.4 is 10.0 Å². The van der Waals surface area contributed by atoms with Crippen LogP contribution in [0.5, 0.6) is 0 Å². The van der Waals surface area contributed by atoms with Gasteiger partial charge in [0.05, 0.1) is 10.6 Å². The van der Waals surface area contributed by atoms with Gasteiger partial charge in [0, 0.05) is 32.4 Å². The molecule has 1 aliphatic heterocycles. The van der Waals surface area contributed by atoms with Crippen LogP contribution in [0.3, 0.4) is 0 Å². The second-order valence-electron chi connectivity index (χ2n) is 7.26. The minimum absolute atomic E-state index is 0.0440. The summed E-state index contributed by atoms with van der Waals surface area (Å²) < 4.78 is 41.6. The van der Waals surface area contributed by atoms with Crippen LogP contribution in [0.4, 0.5) is 10.1 Å². The predicted octanol–water partition coefficient (Wildman–Crippen LogP) is 2.37. The van der Waals surface area contributed by atoms with Crippen molar-refractivity contribution in [3.63, 3.8) is 0 Å². The van der Waals surface area contributed by atoms with Crippen LogP contribution in [0.2, 0.25) is 0 Å². The minimum Gasteiger partial charge on any atom is -0.324 e. The first-order valence-electron chi connectivity index (χ1n) is 9.51. The Hall–Kier alpha value is -2.36. The summed E-state index contributed by atoms with van der Waals surface area (Å²) in [6, 6.07) is 7.42. The van der Waals surface area contributed by atoms with E-state index in [1.54, 1.807) is 6.20 Å². The van der Waals surface area contributed by atoms with Crippen LogP contribution >= 0.6 is 0 Å². The molecule has 2 heterocycles. The SMILES string of the molecule is CC(=O)Nc1ccc(S(=O)(=O)NCC2CCN(Cc3cccnc3)CC2)cc1F. The van der Waals surface area contributed by atoms with Gasteiger partial charge in [-0.25, -0.2) is 17.5 Å². The monoisotopic (exact) mass is 420 g/mol. The number of rotatable bonds is 7. The number of carbonyl (C=O) groups excluding carboxylic acids is 1. The smallest absolute Gasteiger partial charge is 0.240 e. The number of pyridine rings is 1. The lowest BCUT2D eigenvalue weighted by molar-refractivity contribution is -0.114. The number of nitrogens with zero attached hydrogens (tertiary/aromatic N) is 2. The van der Waals surface area contributed by atoms with Crippen molar-refractivity contribution < 1.29 is 17.6 Å². The van der Waals surface area contributed by atoms with Crippen LogP contribution in [0.1, 0.15) is 25.3 Å². The lowest BCUT2D eigenvalue weighted by Gasteiger charge is -2.31. The molecule has 2 aromatic rings. The molecule has 156 valence electrons. The molecule has 0 atom stereocenters. The van der Waals surface area contributed by atoms with Gasteiger partial charge in [-0.3, -0.25) is 14.7 Å². The van der Waals surface area contributed by atoms with Gasteiger partial charge in [0.15, 0.2) is 0 Å². The van der Waals surface area contributed by atoms with E-state index in [0.29, 0.717) is 6.54 Å². The molecule has 0 aliphatic carbocycles. The lowest BCUT2D eigenvalue weighted by Crippen LogP contribution is -2.38. The largest absolute Gasteiger partial charge is 0.324 e. The van der Waals surface area contributed by atoms with E-state index in [9.17, 15) is 17.6 Å². The first-order chi connectivity index (χ1) is 13.8. The molecular weight excluding hydrogens is 395 g/mol. The summed E-state index contributed by atoms with van der Waals surface area (Å²) in [5.74, 6) is -0.974. The van der Waals surface area contributed by atoms with Gasteiger partial charge in [-0.1, -0.05) is 6.07 Å². The number of nitrogens with one attached hydrogen (secondary N) is 2. The average molecular weight is 421 g/mol. The van der Waals surface area contributed by atoms with Crippen LogP contribution in [0.25, 0.3) is 0 Å². The van der Waals surface area contributed by atoms with Gasteiger partial charge < -0.3 is 5.32 Å². The Balaban J connectivity index is 1.51. The van der Waals surface area contributed by atoms with E-state index >= 15 is 0 Å². The lowest BCUT2D eigenvalue weighted by atomic mass is 9.97. The molecule has 1 aromatic carbocycles. The number of benzene rings is 1. The van der Waals surface area contributed by atoms with Crippen molar-refractivity contribution in [1.82, 2.24) is 14.6 Å². The molecule has 3 rings (SSSR count). The zero-order chi connectivity index (χ0) is 20.9. The van der Waals surface area contributed by atoms with E-state index in [4.69, 9.17) is 0 Å². The predicted molar refractivity (Wildman–Crippen MR) is 108 cm³/mol. The fourth-order valence-corrected chi connectivity index (χ4v) is 4.49. The zero-order valence-corrected chi connectivity index (χ0v) is 17.1. The van der Waals surface area contributed by atoms with Crippen molar-refractivity contribution >= 4 is 21.6 Å². The van der Waals surface area contributed by atoms with E-state index in [0.717, 1.165) is 44.1 Å². The third kappa shape index (κ3) is 6.06. The summed E-state index contributed by atoms with van der Waals surface area (Å²) in [4.78, 5) is 17.3. The van der Waals surface area contributed by atoms with E-state index in [1.807, 2.05) is 18.3 Å². The number of hydrogen-bond acceptors (Lipinski definition) is 5. The van der Waals surface area contributed by atoms with Gasteiger partial charge in [0.2, 0.25) is 15.9 Å². The summed E-state index contributed by atoms with van der Waals surface area (Å²) in [5, 5.41) is 2.32. The quantitative estimate of drug-likeness (QED) is 0.718. The van der Waals surface area contributed by atoms with Crippen LogP contribution in [-0.4, -0.2) is 43.8 Å². The molecule has 1 fully saturated rings. The number of aromatic nitrogens is 1. The van der Waals surface area contributed by atoms with Gasteiger partial charge in [-0.15, -0.1) is 0 Å². The van der Waals surface area contributed by atoms with Gasteiger partial charge >= 0.3 is 0 Å². The molecule has 0 unspecified atom stereocenters. The molecule has 1 amide bonds. The van der Waals surface area contributed by atoms with Gasteiger partial charge in [0.25, 0.3) is 0 Å². The zero-order valence-electron chi connectivity index (χ0n) is 16.3. The molecule has 0 bridgehead atoms. The molecule has 0 radical (unpaired) electrons. The Kier molecular flexibility index (Phi) is 6.94. The highest BCUT2D eigenvalue weighted by Gasteiger charge is 2.22. The minimum atomic E-state index is -3.81. The first-order valence-corrected chi connectivity index (χ1v) is 11.0.